The average molecular weight is 282 g/mol. The van der Waals surface area contributed by atoms with E-state index in [9.17, 15) is 13.2 Å². The number of nitrogens with zero attached hydrogens (tertiary/aromatic N) is 1. The number of hydrogen-bond acceptors (Lipinski definition) is 4. The molecule has 1 atom stereocenters. The molecule has 0 aromatic heterocycles. The van der Waals surface area contributed by atoms with Crippen molar-refractivity contribution in [1.29, 1.82) is 0 Å². The first-order valence-electron chi connectivity index (χ1n) is 5.47. The Balaban J connectivity index is 2.69. The standard InChI is InChI=1S/C9H18N2O4S2/c1-16-7-5-10-17(14,15)11-6-3-2-4-8(11)9(12)13/h8,10H,2-7H2,1H3,(H,12,13). The SMILES string of the molecule is CSCCNS(=O)(=O)N1CCCCC1C(=O)O. The molecule has 1 saturated heterocycles. The van der Waals surface area contributed by atoms with Gasteiger partial charge in [-0.1, -0.05) is 0 Å². The molecule has 1 aliphatic heterocycles. The summed E-state index contributed by atoms with van der Waals surface area (Å²) < 4.78 is 27.3. The van der Waals surface area contributed by atoms with E-state index in [1.165, 1.54) is 11.8 Å². The fraction of sp³-hybridized carbons (Fsp3) is 0.889. The van der Waals surface area contributed by atoms with Crippen molar-refractivity contribution >= 4 is 27.9 Å². The summed E-state index contributed by atoms with van der Waals surface area (Å²) in [5.41, 5.74) is 0. The van der Waals surface area contributed by atoms with Crippen molar-refractivity contribution in [2.45, 2.75) is 25.3 Å². The predicted molar refractivity (Wildman–Crippen MR) is 67.3 cm³/mol. The van der Waals surface area contributed by atoms with Gasteiger partial charge < -0.3 is 5.11 Å². The van der Waals surface area contributed by atoms with Gasteiger partial charge in [0.1, 0.15) is 6.04 Å². The molecule has 0 aliphatic carbocycles. The maximum Gasteiger partial charge on any atom is 0.322 e. The van der Waals surface area contributed by atoms with Crippen molar-refractivity contribution in [3.8, 4) is 0 Å². The number of thioether (sulfide) groups is 1. The number of nitrogens with one attached hydrogen (secondary N) is 1. The fourth-order valence-corrected chi connectivity index (χ4v) is 3.66. The average Bonchev–Trinajstić information content (AvgIpc) is 2.29. The number of carboxylic acids is 1. The van der Waals surface area contributed by atoms with E-state index in [2.05, 4.69) is 4.72 Å². The molecule has 0 aromatic carbocycles. The van der Waals surface area contributed by atoms with Gasteiger partial charge in [-0.05, 0) is 25.5 Å². The van der Waals surface area contributed by atoms with Gasteiger partial charge in [0.25, 0.3) is 10.2 Å². The summed E-state index contributed by atoms with van der Waals surface area (Å²) >= 11 is 1.53. The first-order chi connectivity index (χ1) is 7.99. The molecule has 2 N–H and O–H groups in total. The van der Waals surface area contributed by atoms with E-state index in [4.69, 9.17) is 5.11 Å². The second kappa shape index (κ2) is 6.58. The summed E-state index contributed by atoms with van der Waals surface area (Å²) in [4.78, 5) is 11.0. The Labute approximate surface area is 106 Å². The van der Waals surface area contributed by atoms with Crippen LogP contribution in [0.25, 0.3) is 0 Å². The van der Waals surface area contributed by atoms with E-state index in [-0.39, 0.29) is 6.54 Å². The Morgan fingerprint density at radius 3 is 2.82 bits per heavy atom. The van der Waals surface area contributed by atoms with Crippen molar-refractivity contribution in [1.82, 2.24) is 9.03 Å². The van der Waals surface area contributed by atoms with Gasteiger partial charge in [-0.3, -0.25) is 4.79 Å². The number of rotatable bonds is 6. The van der Waals surface area contributed by atoms with E-state index >= 15 is 0 Å². The topological polar surface area (TPSA) is 86.7 Å². The summed E-state index contributed by atoms with van der Waals surface area (Å²) in [6.45, 7) is 0.609. The highest BCUT2D eigenvalue weighted by molar-refractivity contribution is 7.98. The second-order valence-corrected chi connectivity index (χ2v) is 6.55. The van der Waals surface area contributed by atoms with Crippen molar-refractivity contribution < 1.29 is 18.3 Å². The summed E-state index contributed by atoms with van der Waals surface area (Å²) in [5, 5.41) is 9.01. The molecule has 1 heterocycles. The Hall–Kier alpha value is -0.310. The van der Waals surface area contributed by atoms with Crippen molar-refractivity contribution in [3.63, 3.8) is 0 Å². The third-order valence-electron chi connectivity index (χ3n) is 2.64. The van der Waals surface area contributed by atoms with E-state index in [1.54, 1.807) is 0 Å². The lowest BCUT2D eigenvalue weighted by Crippen LogP contribution is -2.52. The maximum atomic E-state index is 11.9. The summed E-state index contributed by atoms with van der Waals surface area (Å²) in [6.07, 6.45) is 3.75. The van der Waals surface area contributed by atoms with E-state index < -0.39 is 22.2 Å². The van der Waals surface area contributed by atoms with Crippen LogP contribution in [0.2, 0.25) is 0 Å². The lowest BCUT2D eigenvalue weighted by Gasteiger charge is -2.31. The van der Waals surface area contributed by atoms with Gasteiger partial charge in [0.15, 0.2) is 0 Å². The van der Waals surface area contributed by atoms with Crippen LogP contribution in [-0.4, -0.2) is 54.9 Å². The lowest BCUT2D eigenvalue weighted by atomic mass is 10.1. The van der Waals surface area contributed by atoms with Crippen LogP contribution >= 0.6 is 11.8 Å². The van der Waals surface area contributed by atoms with Crippen LogP contribution in [0, 0.1) is 0 Å². The minimum atomic E-state index is -3.66. The largest absolute Gasteiger partial charge is 0.480 e. The van der Waals surface area contributed by atoms with Crippen molar-refractivity contribution in [2.24, 2.45) is 0 Å². The van der Waals surface area contributed by atoms with Gasteiger partial charge in [0.05, 0.1) is 0 Å². The van der Waals surface area contributed by atoms with E-state index in [1.807, 2.05) is 6.26 Å². The third-order valence-corrected chi connectivity index (χ3v) is 4.87. The zero-order valence-corrected chi connectivity index (χ0v) is 11.4. The molecule has 17 heavy (non-hydrogen) atoms. The molecule has 1 fully saturated rings. The lowest BCUT2D eigenvalue weighted by molar-refractivity contribution is -0.142. The summed E-state index contributed by atoms with van der Waals surface area (Å²) in [5.74, 6) is -0.398. The van der Waals surface area contributed by atoms with E-state index in [0.29, 0.717) is 25.1 Å². The van der Waals surface area contributed by atoms with Crippen LogP contribution in [0.5, 0.6) is 0 Å². The molecule has 0 spiro atoms. The predicted octanol–water partition coefficient (Wildman–Crippen LogP) is 0.123. The minimum Gasteiger partial charge on any atom is -0.480 e. The van der Waals surface area contributed by atoms with Crippen LogP contribution in [0.15, 0.2) is 0 Å². The number of aliphatic carboxylic acids is 1. The van der Waals surface area contributed by atoms with Crippen LogP contribution in [0.1, 0.15) is 19.3 Å². The molecular formula is C9H18N2O4S2. The third kappa shape index (κ3) is 4.13. The molecule has 0 amide bonds. The maximum absolute atomic E-state index is 11.9. The molecule has 1 rings (SSSR count). The molecule has 1 unspecified atom stereocenters. The molecule has 8 heteroatoms. The van der Waals surface area contributed by atoms with Crippen molar-refractivity contribution in [2.75, 3.05) is 25.1 Å². The van der Waals surface area contributed by atoms with Gasteiger partial charge in [0.2, 0.25) is 0 Å². The van der Waals surface area contributed by atoms with Gasteiger partial charge in [0, 0.05) is 18.8 Å². The number of carboxylic acid groups (broad SMARTS) is 1. The quantitative estimate of drug-likeness (QED) is 0.676. The molecule has 0 aromatic rings. The van der Waals surface area contributed by atoms with Crippen molar-refractivity contribution in [3.05, 3.63) is 0 Å². The smallest absolute Gasteiger partial charge is 0.322 e. The van der Waals surface area contributed by atoms with Crippen LogP contribution in [0.3, 0.4) is 0 Å². The van der Waals surface area contributed by atoms with Crippen LogP contribution < -0.4 is 4.72 Å². The van der Waals surface area contributed by atoms with Gasteiger partial charge in [-0.15, -0.1) is 0 Å². The summed E-state index contributed by atoms with van der Waals surface area (Å²) in [6, 6.07) is -0.921. The highest BCUT2D eigenvalue weighted by Crippen LogP contribution is 2.19. The van der Waals surface area contributed by atoms with Crippen LogP contribution in [-0.2, 0) is 15.0 Å². The van der Waals surface area contributed by atoms with E-state index in [0.717, 1.165) is 10.7 Å². The molecule has 6 nitrogen and oxygen atoms in total. The zero-order chi connectivity index (χ0) is 12.9. The normalized spacial score (nSPS) is 22.5. The second-order valence-electron chi connectivity index (χ2n) is 3.85. The molecule has 100 valence electrons. The first kappa shape index (κ1) is 14.7. The molecule has 0 saturated carbocycles. The number of carbonyl (C=O) groups is 1. The Morgan fingerprint density at radius 2 is 2.24 bits per heavy atom. The molecular weight excluding hydrogens is 264 g/mol. The zero-order valence-electron chi connectivity index (χ0n) is 9.76. The monoisotopic (exact) mass is 282 g/mol. The van der Waals surface area contributed by atoms with Gasteiger partial charge in [-0.25, -0.2) is 4.72 Å². The molecule has 1 aliphatic rings. The van der Waals surface area contributed by atoms with Gasteiger partial charge >= 0.3 is 5.97 Å². The highest BCUT2D eigenvalue weighted by atomic mass is 32.2. The Morgan fingerprint density at radius 1 is 1.53 bits per heavy atom. The van der Waals surface area contributed by atoms with Crippen LogP contribution in [0.4, 0.5) is 0 Å². The van der Waals surface area contributed by atoms with Gasteiger partial charge in [-0.2, -0.15) is 24.5 Å². The first-order valence-corrected chi connectivity index (χ1v) is 8.30. The highest BCUT2D eigenvalue weighted by Gasteiger charge is 2.36. The number of piperidine rings is 1. The molecule has 0 radical (unpaired) electrons. The number of hydrogen-bond donors (Lipinski definition) is 2. The Kier molecular flexibility index (Phi) is 5.71. The molecule has 0 bridgehead atoms. The Bertz CT molecular complexity index is 358. The minimum absolute atomic E-state index is 0.283. The fourth-order valence-electron chi connectivity index (χ4n) is 1.80. The summed E-state index contributed by atoms with van der Waals surface area (Å²) in [7, 11) is -3.66.